The first kappa shape index (κ1) is 12.6. The fraction of sp³-hybridized carbons (Fsp3) is 0.467. The van der Waals surface area contributed by atoms with Crippen LogP contribution in [0.15, 0.2) is 28.7 Å². The van der Waals surface area contributed by atoms with E-state index in [0.717, 1.165) is 18.7 Å². The normalized spacial score (nSPS) is 20.5. The molecule has 21 heavy (non-hydrogen) atoms. The highest BCUT2D eigenvalue weighted by molar-refractivity contribution is 5.40. The van der Waals surface area contributed by atoms with Crippen molar-refractivity contribution < 1.29 is 13.9 Å². The number of aromatic nitrogens is 2. The van der Waals surface area contributed by atoms with Crippen LogP contribution in [0.4, 0.5) is 0 Å². The molecule has 1 N–H and O–H groups in total. The van der Waals surface area contributed by atoms with Crippen molar-refractivity contribution in [2.24, 2.45) is 0 Å². The first-order chi connectivity index (χ1) is 10.4. The van der Waals surface area contributed by atoms with Gasteiger partial charge < -0.3 is 19.2 Å². The molecule has 6 nitrogen and oxygen atoms in total. The molecule has 1 fully saturated rings. The lowest BCUT2D eigenvalue weighted by atomic mass is 10.2. The Labute approximate surface area is 122 Å². The van der Waals surface area contributed by atoms with Gasteiger partial charge in [-0.3, -0.25) is 0 Å². The van der Waals surface area contributed by atoms with Gasteiger partial charge in [-0.1, -0.05) is 12.1 Å². The van der Waals surface area contributed by atoms with E-state index in [1.54, 1.807) is 0 Å². The molecule has 2 aliphatic rings. The summed E-state index contributed by atoms with van der Waals surface area (Å²) in [7, 11) is 0. The van der Waals surface area contributed by atoms with E-state index in [9.17, 15) is 0 Å². The van der Waals surface area contributed by atoms with E-state index in [-0.39, 0.29) is 6.10 Å². The maximum atomic E-state index is 5.85. The van der Waals surface area contributed by atoms with Crippen LogP contribution in [0.25, 0.3) is 0 Å². The smallest absolute Gasteiger partial charge is 0.260 e. The molecule has 1 aromatic heterocycles. The van der Waals surface area contributed by atoms with Crippen molar-refractivity contribution in [3.05, 3.63) is 36.0 Å². The van der Waals surface area contributed by atoms with Crippen molar-refractivity contribution in [2.75, 3.05) is 13.2 Å². The van der Waals surface area contributed by atoms with Gasteiger partial charge in [-0.05, 0) is 25.0 Å². The van der Waals surface area contributed by atoms with Crippen LogP contribution in [0.5, 0.6) is 11.5 Å². The summed E-state index contributed by atoms with van der Waals surface area (Å²) in [5.74, 6) is 2.58. The lowest BCUT2D eigenvalue weighted by molar-refractivity contribution is 0.0704. The molecule has 4 rings (SSSR count). The number of fused-ring (bicyclic) bond motifs is 1. The second kappa shape index (κ2) is 5.37. The molecule has 2 heterocycles. The highest BCUT2D eigenvalue weighted by atomic mass is 16.6. The van der Waals surface area contributed by atoms with Gasteiger partial charge in [0, 0.05) is 19.0 Å². The van der Waals surface area contributed by atoms with Crippen molar-refractivity contribution >= 4 is 0 Å². The molecule has 0 amide bonds. The first-order valence-electron chi connectivity index (χ1n) is 7.32. The summed E-state index contributed by atoms with van der Waals surface area (Å²) in [4.78, 5) is 0. The lowest BCUT2D eigenvalue weighted by Gasteiger charge is -2.23. The van der Waals surface area contributed by atoms with Crippen LogP contribution in [0.2, 0.25) is 0 Å². The fourth-order valence-electron chi connectivity index (χ4n) is 2.31. The van der Waals surface area contributed by atoms with Crippen LogP contribution >= 0.6 is 0 Å². The average Bonchev–Trinajstić information content (AvgIpc) is 3.23. The fourth-order valence-corrected chi connectivity index (χ4v) is 2.31. The number of nitrogens with one attached hydrogen (secondary N) is 1. The van der Waals surface area contributed by atoms with Gasteiger partial charge in [-0.25, -0.2) is 0 Å². The van der Waals surface area contributed by atoms with E-state index in [1.807, 2.05) is 24.3 Å². The third-order valence-corrected chi connectivity index (χ3v) is 3.62. The second-order valence-electron chi connectivity index (χ2n) is 5.38. The first-order valence-corrected chi connectivity index (χ1v) is 7.32. The van der Waals surface area contributed by atoms with Crippen LogP contribution in [0.3, 0.4) is 0 Å². The van der Waals surface area contributed by atoms with Crippen molar-refractivity contribution in [3.8, 4) is 11.5 Å². The predicted molar refractivity (Wildman–Crippen MR) is 74.3 cm³/mol. The lowest BCUT2D eigenvalue weighted by Crippen LogP contribution is -2.21. The van der Waals surface area contributed by atoms with E-state index in [1.165, 1.54) is 12.8 Å². The van der Waals surface area contributed by atoms with E-state index in [0.29, 0.717) is 30.2 Å². The van der Waals surface area contributed by atoms with Crippen LogP contribution in [0.1, 0.15) is 30.7 Å². The highest BCUT2D eigenvalue weighted by Gasteiger charge is 2.27. The van der Waals surface area contributed by atoms with Gasteiger partial charge in [-0.2, -0.15) is 0 Å². The monoisotopic (exact) mass is 287 g/mol. The molecule has 1 atom stereocenters. The molecule has 0 bridgehead atoms. The van der Waals surface area contributed by atoms with Gasteiger partial charge in [0.15, 0.2) is 11.5 Å². The van der Waals surface area contributed by atoms with Crippen LogP contribution in [-0.2, 0) is 6.42 Å². The van der Waals surface area contributed by atoms with Crippen LogP contribution in [-0.4, -0.2) is 29.4 Å². The minimum atomic E-state index is -0.336. The summed E-state index contributed by atoms with van der Waals surface area (Å²) < 4.78 is 17.2. The zero-order valence-electron chi connectivity index (χ0n) is 11.6. The third-order valence-electron chi connectivity index (χ3n) is 3.62. The maximum Gasteiger partial charge on any atom is 0.260 e. The van der Waals surface area contributed by atoms with Crippen LogP contribution in [0, 0.1) is 0 Å². The molecule has 6 heteroatoms. The summed E-state index contributed by atoms with van der Waals surface area (Å²) in [6, 6.07) is 8.28. The number of rotatable bonds is 5. The number of ether oxygens (including phenoxy) is 2. The molecule has 1 saturated carbocycles. The van der Waals surface area contributed by atoms with Gasteiger partial charge >= 0.3 is 0 Å². The quantitative estimate of drug-likeness (QED) is 0.905. The molecule has 1 unspecified atom stereocenters. The molecule has 1 aliphatic carbocycles. The summed E-state index contributed by atoms with van der Waals surface area (Å²) in [5, 5.41) is 11.6. The third kappa shape index (κ3) is 2.85. The summed E-state index contributed by atoms with van der Waals surface area (Å²) in [6.45, 7) is 1.26. The molecular formula is C15H17N3O3. The van der Waals surface area contributed by atoms with Gasteiger partial charge in [0.25, 0.3) is 5.89 Å². The zero-order valence-corrected chi connectivity index (χ0v) is 11.6. The number of benzene rings is 1. The Morgan fingerprint density at radius 3 is 2.86 bits per heavy atom. The Hall–Kier alpha value is -2.08. The van der Waals surface area contributed by atoms with Crippen molar-refractivity contribution in [1.29, 1.82) is 0 Å². The van der Waals surface area contributed by atoms with Crippen molar-refractivity contribution in [1.82, 2.24) is 15.5 Å². The van der Waals surface area contributed by atoms with E-state index >= 15 is 0 Å². The van der Waals surface area contributed by atoms with Crippen molar-refractivity contribution in [3.63, 3.8) is 0 Å². The maximum absolute atomic E-state index is 5.85. The molecule has 0 radical (unpaired) electrons. The van der Waals surface area contributed by atoms with E-state index in [2.05, 4.69) is 15.5 Å². The number of hydrogen-bond acceptors (Lipinski definition) is 6. The number of hydrogen-bond donors (Lipinski definition) is 1. The minimum Gasteiger partial charge on any atom is -0.485 e. The summed E-state index contributed by atoms with van der Waals surface area (Å²) >= 11 is 0. The van der Waals surface area contributed by atoms with Crippen molar-refractivity contribution in [2.45, 2.75) is 31.4 Å². The van der Waals surface area contributed by atoms with Gasteiger partial charge in [0.05, 0.1) is 0 Å². The molecule has 0 saturated heterocycles. The van der Waals surface area contributed by atoms with Crippen LogP contribution < -0.4 is 14.8 Å². The Balaban J connectivity index is 1.39. The SMILES string of the molecule is c1ccc2c(c1)OCC(c1nnc(CCNC3CC3)o1)O2. The Bertz CT molecular complexity index is 624. The Morgan fingerprint density at radius 2 is 2.00 bits per heavy atom. The zero-order chi connectivity index (χ0) is 14.1. The van der Waals surface area contributed by atoms with Gasteiger partial charge in [0.1, 0.15) is 6.61 Å². The minimum absolute atomic E-state index is 0.336. The highest BCUT2D eigenvalue weighted by Crippen LogP contribution is 2.35. The molecule has 1 aromatic carbocycles. The molecular weight excluding hydrogens is 270 g/mol. The molecule has 2 aromatic rings. The second-order valence-corrected chi connectivity index (χ2v) is 5.38. The largest absolute Gasteiger partial charge is 0.485 e. The molecule has 1 aliphatic heterocycles. The molecule has 110 valence electrons. The topological polar surface area (TPSA) is 69.4 Å². The Morgan fingerprint density at radius 1 is 1.14 bits per heavy atom. The summed E-state index contributed by atoms with van der Waals surface area (Å²) in [5.41, 5.74) is 0. The summed E-state index contributed by atoms with van der Waals surface area (Å²) in [6.07, 6.45) is 2.97. The number of para-hydroxylation sites is 2. The number of nitrogens with zero attached hydrogens (tertiary/aromatic N) is 2. The average molecular weight is 287 g/mol. The predicted octanol–water partition coefficient (Wildman–Crippen LogP) is 1.88. The Kier molecular flexibility index (Phi) is 3.23. The van der Waals surface area contributed by atoms with Gasteiger partial charge in [0.2, 0.25) is 12.0 Å². The van der Waals surface area contributed by atoms with E-state index in [4.69, 9.17) is 13.9 Å². The van der Waals surface area contributed by atoms with E-state index < -0.39 is 0 Å². The standard InChI is InChI=1S/C15H17N3O3/c1-2-4-12-11(3-1)19-9-13(20-12)15-18-17-14(21-15)7-8-16-10-5-6-10/h1-4,10,13,16H,5-9H2. The van der Waals surface area contributed by atoms with Gasteiger partial charge in [-0.15, -0.1) is 10.2 Å². The molecule has 0 spiro atoms.